The Morgan fingerprint density at radius 1 is 1.29 bits per heavy atom. The highest BCUT2D eigenvalue weighted by molar-refractivity contribution is 6.30. The van der Waals surface area contributed by atoms with Crippen molar-refractivity contribution in [1.29, 1.82) is 0 Å². The first kappa shape index (κ1) is 16.6. The van der Waals surface area contributed by atoms with Crippen LogP contribution in [0.1, 0.15) is 24.8 Å². The number of carbonyl (C=O) groups excluding carboxylic acids is 1. The zero-order valence-electron chi connectivity index (χ0n) is 12.1. The minimum absolute atomic E-state index is 0. The van der Waals surface area contributed by atoms with Gasteiger partial charge >= 0.3 is 0 Å². The maximum atomic E-state index is 12.3. The van der Waals surface area contributed by atoms with E-state index in [2.05, 4.69) is 5.32 Å². The van der Waals surface area contributed by atoms with Crippen molar-refractivity contribution in [2.75, 3.05) is 26.2 Å². The Balaban J connectivity index is 0.00000161. The van der Waals surface area contributed by atoms with E-state index in [0.29, 0.717) is 16.9 Å². The van der Waals surface area contributed by atoms with Gasteiger partial charge in [-0.2, -0.15) is 0 Å². The van der Waals surface area contributed by atoms with E-state index in [1.165, 1.54) is 6.42 Å². The van der Waals surface area contributed by atoms with Crippen molar-refractivity contribution in [2.24, 2.45) is 5.41 Å². The van der Waals surface area contributed by atoms with Crippen molar-refractivity contribution in [1.82, 2.24) is 10.2 Å². The fourth-order valence-corrected chi connectivity index (χ4v) is 3.60. The van der Waals surface area contributed by atoms with Crippen LogP contribution in [0.5, 0.6) is 0 Å². The van der Waals surface area contributed by atoms with E-state index in [9.17, 15) is 4.79 Å². The van der Waals surface area contributed by atoms with Gasteiger partial charge in [0.2, 0.25) is 5.91 Å². The van der Waals surface area contributed by atoms with Gasteiger partial charge in [0.1, 0.15) is 0 Å². The van der Waals surface area contributed by atoms with Crippen molar-refractivity contribution in [2.45, 2.75) is 25.7 Å². The number of nitrogens with one attached hydrogen (secondary N) is 1. The Hall–Kier alpha value is -0.770. The molecule has 3 rings (SSSR count). The van der Waals surface area contributed by atoms with Crippen molar-refractivity contribution in [3.8, 4) is 0 Å². The second kappa shape index (κ2) is 6.99. The fourth-order valence-electron chi connectivity index (χ4n) is 3.39. The van der Waals surface area contributed by atoms with Gasteiger partial charge in [-0.05, 0) is 48.9 Å². The Morgan fingerprint density at radius 2 is 2.05 bits per heavy atom. The van der Waals surface area contributed by atoms with Crippen LogP contribution < -0.4 is 5.32 Å². The smallest absolute Gasteiger partial charge is 0.226 e. The van der Waals surface area contributed by atoms with Gasteiger partial charge in [0.05, 0.1) is 6.42 Å². The predicted molar refractivity (Wildman–Crippen MR) is 88.1 cm³/mol. The van der Waals surface area contributed by atoms with Crippen LogP contribution in [0, 0.1) is 5.41 Å². The zero-order valence-corrected chi connectivity index (χ0v) is 13.7. The van der Waals surface area contributed by atoms with Crippen LogP contribution in [0.15, 0.2) is 24.3 Å². The molecule has 21 heavy (non-hydrogen) atoms. The molecule has 0 unspecified atom stereocenters. The quantitative estimate of drug-likeness (QED) is 0.905. The van der Waals surface area contributed by atoms with E-state index < -0.39 is 0 Å². The molecule has 2 fully saturated rings. The number of rotatable bonds is 2. The first-order valence-electron chi connectivity index (χ1n) is 7.40. The SMILES string of the molecule is Cl.O=C(Cc1cccc(Cl)c1)N1CCC2(CCNC2)CC1. The van der Waals surface area contributed by atoms with Crippen molar-refractivity contribution in [3.05, 3.63) is 34.9 Å². The number of benzene rings is 1. The highest BCUT2D eigenvalue weighted by Crippen LogP contribution is 2.36. The third kappa shape index (κ3) is 3.91. The molecule has 2 aliphatic heterocycles. The van der Waals surface area contributed by atoms with Gasteiger partial charge in [-0.25, -0.2) is 0 Å². The molecule has 2 saturated heterocycles. The Bertz CT molecular complexity index is 491. The lowest BCUT2D eigenvalue weighted by molar-refractivity contribution is -0.132. The lowest BCUT2D eigenvalue weighted by atomic mass is 9.78. The molecule has 0 bridgehead atoms. The molecule has 1 amide bonds. The average molecular weight is 329 g/mol. The molecule has 2 aliphatic rings. The summed E-state index contributed by atoms with van der Waals surface area (Å²) in [5.74, 6) is 0.230. The van der Waals surface area contributed by atoms with Crippen LogP contribution in [0.25, 0.3) is 0 Å². The number of hydrogen-bond donors (Lipinski definition) is 1. The molecule has 0 radical (unpaired) electrons. The van der Waals surface area contributed by atoms with Gasteiger partial charge in [0.15, 0.2) is 0 Å². The van der Waals surface area contributed by atoms with Crippen LogP contribution in [0.3, 0.4) is 0 Å². The predicted octanol–water partition coefficient (Wildman–Crippen LogP) is 2.91. The summed E-state index contributed by atoms with van der Waals surface area (Å²) in [5.41, 5.74) is 1.47. The Morgan fingerprint density at radius 3 is 2.67 bits per heavy atom. The number of piperidine rings is 1. The maximum Gasteiger partial charge on any atom is 0.226 e. The first-order valence-corrected chi connectivity index (χ1v) is 7.78. The fraction of sp³-hybridized carbons (Fsp3) is 0.562. The van der Waals surface area contributed by atoms with E-state index in [-0.39, 0.29) is 18.3 Å². The summed E-state index contributed by atoms with van der Waals surface area (Å²) < 4.78 is 0. The Labute approximate surface area is 137 Å². The normalized spacial score (nSPS) is 20.3. The monoisotopic (exact) mass is 328 g/mol. The molecule has 3 nitrogen and oxygen atoms in total. The summed E-state index contributed by atoms with van der Waals surface area (Å²) >= 11 is 5.96. The summed E-state index contributed by atoms with van der Waals surface area (Å²) in [6.45, 7) is 4.07. The average Bonchev–Trinajstić information content (AvgIpc) is 2.88. The lowest BCUT2D eigenvalue weighted by Crippen LogP contribution is -2.44. The van der Waals surface area contributed by atoms with Crippen molar-refractivity contribution in [3.63, 3.8) is 0 Å². The standard InChI is InChI=1S/C16H21ClN2O.ClH/c17-14-3-1-2-13(10-14)11-15(20)19-8-5-16(6-9-19)4-7-18-12-16;/h1-3,10,18H,4-9,11-12H2;1H. The van der Waals surface area contributed by atoms with Gasteiger partial charge in [-0.15, -0.1) is 12.4 Å². The van der Waals surface area contributed by atoms with Crippen LogP contribution in [0.2, 0.25) is 5.02 Å². The lowest BCUT2D eigenvalue weighted by Gasteiger charge is -2.39. The Kier molecular flexibility index (Phi) is 5.53. The highest BCUT2D eigenvalue weighted by atomic mass is 35.5. The number of halogens is 2. The molecule has 116 valence electrons. The number of carbonyl (C=O) groups is 1. The van der Waals surface area contributed by atoms with Gasteiger partial charge in [-0.3, -0.25) is 4.79 Å². The van der Waals surface area contributed by atoms with Crippen molar-refractivity contribution >= 4 is 29.9 Å². The van der Waals surface area contributed by atoms with Gasteiger partial charge in [0.25, 0.3) is 0 Å². The minimum atomic E-state index is 0. The molecule has 1 aromatic carbocycles. The summed E-state index contributed by atoms with van der Waals surface area (Å²) in [6, 6.07) is 7.59. The summed E-state index contributed by atoms with van der Waals surface area (Å²) in [6.07, 6.45) is 4.01. The van der Waals surface area contributed by atoms with Crippen molar-refractivity contribution < 1.29 is 4.79 Å². The first-order chi connectivity index (χ1) is 9.67. The van der Waals surface area contributed by atoms with E-state index >= 15 is 0 Å². The van der Waals surface area contributed by atoms with E-state index in [1.807, 2.05) is 29.2 Å². The summed E-state index contributed by atoms with van der Waals surface area (Å²) in [5, 5.41) is 4.15. The second-order valence-electron chi connectivity index (χ2n) is 6.11. The third-order valence-corrected chi connectivity index (χ3v) is 4.99. The number of likely N-dealkylation sites (tertiary alicyclic amines) is 1. The molecule has 1 spiro atoms. The highest BCUT2D eigenvalue weighted by Gasteiger charge is 2.37. The molecule has 1 aromatic rings. The van der Waals surface area contributed by atoms with Gasteiger partial charge in [-0.1, -0.05) is 23.7 Å². The van der Waals surface area contributed by atoms with Crippen LogP contribution in [-0.2, 0) is 11.2 Å². The molecule has 0 atom stereocenters. The molecule has 1 N–H and O–H groups in total. The number of amides is 1. The largest absolute Gasteiger partial charge is 0.342 e. The van der Waals surface area contributed by atoms with Crippen LogP contribution >= 0.6 is 24.0 Å². The molecular weight excluding hydrogens is 307 g/mol. The second-order valence-corrected chi connectivity index (χ2v) is 6.55. The molecule has 2 heterocycles. The van der Waals surface area contributed by atoms with E-state index in [0.717, 1.165) is 44.6 Å². The molecule has 0 aromatic heterocycles. The van der Waals surface area contributed by atoms with Crippen LogP contribution in [-0.4, -0.2) is 37.0 Å². The molecule has 0 aliphatic carbocycles. The minimum Gasteiger partial charge on any atom is -0.342 e. The molecule has 5 heteroatoms. The zero-order chi connectivity index (χ0) is 14.0. The van der Waals surface area contributed by atoms with E-state index in [4.69, 9.17) is 11.6 Å². The molecule has 0 saturated carbocycles. The van der Waals surface area contributed by atoms with Crippen LogP contribution in [0.4, 0.5) is 0 Å². The third-order valence-electron chi connectivity index (χ3n) is 4.75. The number of hydrogen-bond acceptors (Lipinski definition) is 2. The number of nitrogens with zero attached hydrogens (tertiary/aromatic N) is 1. The summed E-state index contributed by atoms with van der Waals surface area (Å²) in [4.78, 5) is 14.4. The topological polar surface area (TPSA) is 32.3 Å². The van der Waals surface area contributed by atoms with E-state index in [1.54, 1.807) is 0 Å². The molecular formula is C16H22Cl2N2O. The van der Waals surface area contributed by atoms with Gasteiger partial charge < -0.3 is 10.2 Å². The summed E-state index contributed by atoms with van der Waals surface area (Å²) in [7, 11) is 0. The van der Waals surface area contributed by atoms with Gasteiger partial charge in [0, 0.05) is 24.7 Å². The maximum absolute atomic E-state index is 12.3.